The van der Waals surface area contributed by atoms with Crippen LogP contribution in [0.1, 0.15) is 20.1 Å². The molecule has 0 atom stereocenters. The van der Waals surface area contributed by atoms with Crippen LogP contribution in [0.4, 0.5) is 0 Å². The van der Waals surface area contributed by atoms with Gasteiger partial charge >= 0.3 is 0 Å². The summed E-state index contributed by atoms with van der Waals surface area (Å²) in [6, 6.07) is 1.91. The van der Waals surface area contributed by atoms with Crippen molar-refractivity contribution in [3.05, 3.63) is 21.4 Å². The fourth-order valence-electron chi connectivity index (χ4n) is 1.08. The molecule has 74 valence electrons. The lowest BCUT2D eigenvalue weighted by atomic mass is 10.3. The molecule has 3 heteroatoms. The Morgan fingerprint density at radius 2 is 2.29 bits per heavy atom. The van der Waals surface area contributed by atoms with Gasteiger partial charge in [0.05, 0.1) is 11.4 Å². The van der Waals surface area contributed by atoms with Crippen LogP contribution in [0.15, 0.2) is 6.07 Å². The van der Waals surface area contributed by atoms with Crippen molar-refractivity contribution in [1.82, 2.24) is 4.90 Å². The number of nitrogens with zero attached hydrogens (tertiary/aromatic N) is 1. The van der Waals surface area contributed by atoms with Crippen molar-refractivity contribution >= 4 is 17.2 Å². The van der Waals surface area contributed by atoms with Crippen LogP contribution in [0, 0.1) is 26.2 Å². The Bertz CT molecular complexity index is 367. The van der Waals surface area contributed by atoms with Crippen LogP contribution in [0.25, 0.3) is 0 Å². The molecule has 1 aromatic heterocycles. The topological polar surface area (TPSA) is 20.3 Å². The molecule has 0 aromatic carbocycles. The first-order chi connectivity index (χ1) is 6.56. The summed E-state index contributed by atoms with van der Waals surface area (Å²) < 4.78 is 0. The SMILES string of the molecule is C#CCN(C)C(=O)c1cc(C)c(C)s1. The smallest absolute Gasteiger partial charge is 0.264 e. The van der Waals surface area contributed by atoms with Gasteiger partial charge in [0.15, 0.2) is 0 Å². The maximum atomic E-state index is 11.7. The lowest BCUT2D eigenvalue weighted by Gasteiger charge is -2.11. The van der Waals surface area contributed by atoms with Crippen LogP contribution in [-0.2, 0) is 0 Å². The van der Waals surface area contributed by atoms with Crippen molar-refractivity contribution in [1.29, 1.82) is 0 Å². The van der Waals surface area contributed by atoms with Gasteiger partial charge in [-0.2, -0.15) is 0 Å². The molecule has 1 aromatic rings. The van der Waals surface area contributed by atoms with Crippen molar-refractivity contribution in [2.45, 2.75) is 13.8 Å². The number of thiophene rings is 1. The molecule has 0 aliphatic heterocycles. The third kappa shape index (κ3) is 2.15. The highest BCUT2D eigenvalue weighted by Gasteiger charge is 2.13. The number of rotatable bonds is 2. The minimum absolute atomic E-state index is 0.00384. The van der Waals surface area contributed by atoms with Gasteiger partial charge in [0, 0.05) is 11.9 Å². The van der Waals surface area contributed by atoms with Crippen LogP contribution in [-0.4, -0.2) is 24.4 Å². The fraction of sp³-hybridized carbons (Fsp3) is 0.364. The van der Waals surface area contributed by atoms with E-state index < -0.39 is 0 Å². The first-order valence-corrected chi connectivity index (χ1v) is 5.14. The molecule has 0 unspecified atom stereocenters. The van der Waals surface area contributed by atoms with Crippen molar-refractivity contribution in [2.24, 2.45) is 0 Å². The molecule has 1 amide bonds. The van der Waals surface area contributed by atoms with E-state index in [0.29, 0.717) is 6.54 Å². The van der Waals surface area contributed by atoms with E-state index in [2.05, 4.69) is 5.92 Å². The highest BCUT2D eigenvalue weighted by atomic mass is 32.1. The molecule has 1 heterocycles. The summed E-state index contributed by atoms with van der Waals surface area (Å²) >= 11 is 1.52. The van der Waals surface area contributed by atoms with Crippen LogP contribution in [0.3, 0.4) is 0 Å². The van der Waals surface area contributed by atoms with E-state index in [9.17, 15) is 4.79 Å². The number of amides is 1. The van der Waals surface area contributed by atoms with E-state index in [0.717, 1.165) is 10.4 Å². The molecule has 0 aliphatic rings. The lowest BCUT2D eigenvalue weighted by Crippen LogP contribution is -2.26. The number of terminal acetylenes is 1. The molecule has 0 aliphatic carbocycles. The van der Waals surface area contributed by atoms with Crippen molar-refractivity contribution in [2.75, 3.05) is 13.6 Å². The zero-order chi connectivity index (χ0) is 10.7. The summed E-state index contributed by atoms with van der Waals surface area (Å²) in [5, 5.41) is 0. The zero-order valence-corrected chi connectivity index (χ0v) is 9.44. The number of hydrogen-bond donors (Lipinski definition) is 0. The van der Waals surface area contributed by atoms with E-state index in [4.69, 9.17) is 6.42 Å². The van der Waals surface area contributed by atoms with Crippen LogP contribution < -0.4 is 0 Å². The maximum absolute atomic E-state index is 11.7. The van der Waals surface area contributed by atoms with Gasteiger partial charge in [-0.15, -0.1) is 17.8 Å². The monoisotopic (exact) mass is 207 g/mol. The maximum Gasteiger partial charge on any atom is 0.264 e. The molecule has 0 spiro atoms. The molecule has 2 nitrogen and oxygen atoms in total. The molecule has 0 saturated heterocycles. The fourth-order valence-corrected chi connectivity index (χ4v) is 2.10. The Kier molecular flexibility index (Phi) is 3.32. The molecular formula is C11H13NOS. The van der Waals surface area contributed by atoms with Crippen molar-refractivity contribution in [3.63, 3.8) is 0 Å². The normalized spacial score (nSPS) is 9.57. The Morgan fingerprint density at radius 3 is 2.71 bits per heavy atom. The summed E-state index contributed by atoms with van der Waals surface area (Å²) in [5.41, 5.74) is 1.16. The Labute approximate surface area is 88.5 Å². The second-order valence-corrected chi connectivity index (χ2v) is 4.47. The molecule has 0 radical (unpaired) electrons. The van der Waals surface area contributed by atoms with Crippen molar-refractivity contribution in [3.8, 4) is 12.3 Å². The predicted octanol–water partition coefficient (Wildman–Crippen LogP) is 2.07. The predicted molar refractivity (Wildman–Crippen MR) is 59.6 cm³/mol. The standard InChI is InChI=1S/C11H13NOS/c1-5-6-12(4)11(13)10-7-8(2)9(3)14-10/h1,7H,6H2,2-4H3. The van der Waals surface area contributed by atoms with Gasteiger partial charge in [0.1, 0.15) is 0 Å². The van der Waals surface area contributed by atoms with E-state index in [1.165, 1.54) is 16.2 Å². The number of carbonyl (C=O) groups is 1. The van der Waals surface area contributed by atoms with Gasteiger partial charge < -0.3 is 4.90 Å². The summed E-state index contributed by atoms with van der Waals surface area (Å²) in [6.45, 7) is 4.37. The zero-order valence-electron chi connectivity index (χ0n) is 8.63. The first-order valence-electron chi connectivity index (χ1n) is 4.32. The van der Waals surface area contributed by atoms with E-state index >= 15 is 0 Å². The molecule has 1 rings (SSSR count). The van der Waals surface area contributed by atoms with Gasteiger partial charge in [-0.3, -0.25) is 4.79 Å². The molecule has 0 saturated carbocycles. The van der Waals surface area contributed by atoms with E-state index in [-0.39, 0.29) is 5.91 Å². The van der Waals surface area contributed by atoms with Gasteiger partial charge in [-0.25, -0.2) is 0 Å². The average molecular weight is 207 g/mol. The van der Waals surface area contributed by atoms with E-state index in [1.807, 2.05) is 19.9 Å². The summed E-state index contributed by atoms with van der Waals surface area (Å²) in [4.78, 5) is 15.2. The van der Waals surface area contributed by atoms with Crippen LogP contribution in [0.2, 0.25) is 0 Å². The number of aryl methyl sites for hydroxylation is 2. The summed E-state index contributed by atoms with van der Waals surface area (Å²) in [7, 11) is 1.71. The quantitative estimate of drug-likeness (QED) is 0.680. The van der Waals surface area contributed by atoms with Gasteiger partial charge in [-0.05, 0) is 25.5 Å². The molecule has 14 heavy (non-hydrogen) atoms. The third-order valence-corrected chi connectivity index (χ3v) is 3.19. The lowest BCUT2D eigenvalue weighted by molar-refractivity contribution is 0.0817. The largest absolute Gasteiger partial charge is 0.330 e. The second kappa shape index (κ2) is 4.30. The van der Waals surface area contributed by atoms with Gasteiger partial charge in [-0.1, -0.05) is 5.92 Å². The third-order valence-electron chi connectivity index (χ3n) is 2.05. The summed E-state index contributed by atoms with van der Waals surface area (Å²) in [6.07, 6.45) is 5.14. The minimum atomic E-state index is 0.00384. The van der Waals surface area contributed by atoms with Gasteiger partial charge in [0.2, 0.25) is 0 Å². The molecule has 0 fully saturated rings. The number of carbonyl (C=O) groups excluding carboxylic acids is 1. The highest BCUT2D eigenvalue weighted by Crippen LogP contribution is 2.21. The summed E-state index contributed by atoms with van der Waals surface area (Å²) in [5.74, 6) is 2.45. The number of hydrogen-bond acceptors (Lipinski definition) is 2. The molecule has 0 N–H and O–H groups in total. The Balaban J connectivity index is 2.85. The van der Waals surface area contributed by atoms with Gasteiger partial charge in [0.25, 0.3) is 5.91 Å². The first kappa shape index (κ1) is 10.8. The highest BCUT2D eigenvalue weighted by molar-refractivity contribution is 7.14. The minimum Gasteiger partial charge on any atom is -0.330 e. The molecule has 0 bridgehead atoms. The second-order valence-electron chi connectivity index (χ2n) is 3.22. The van der Waals surface area contributed by atoms with Crippen molar-refractivity contribution < 1.29 is 4.79 Å². The Hall–Kier alpha value is -1.27. The molecular weight excluding hydrogens is 194 g/mol. The average Bonchev–Trinajstić information content (AvgIpc) is 2.46. The van der Waals surface area contributed by atoms with Crippen LogP contribution >= 0.6 is 11.3 Å². The Morgan fingerprint density at radius 1 is 1.64 bits per heavy atom. The van der Waals surface area contributed by atoms with E-state index in [1.54, 1.807) is 11.9 Å². The van der Waals surface area contributed by atoms with Crippen LogP contribution in [0.5, 0.6) is 0 Å².